The lowest BCUT2D eigenvalue weighted by Crippen LogP contribution is -2.39. The van der Waals surface area contributed by atoms with Gasteiger partial charge >= 0.3 is 6.09 Å². The molecule has 168 valence electrons. The number of rotatable bonds is 5. The third kappa shape index (κ3) is 4.27. The molecule has 5 rings (SSSR count). The minimum absolute atomic E-state index is 0.312. The van der Waals surface area contributed by atoms with Crippen molar-refractivity contribution in [1.29, 1.82) is 0 Å². The van der Waals surface area contributed by atoms with Crippen molar-refractivity contribution in [2.45, 2.75) is 25.2 Å². The number of aromatic nitrogens is 1. The standard InChI is InChI=1S/C24H26FN3O4/c25-18-6-7-19-22(16-18)32-26-23(19)17-8-11-27(12-9-17)10-3-14-31-24(29)28-13-15-30-21-5-2-1-4-20(21)28/h1-2,4-7,16-17H,3,8-15H2. The summed E-state index contributed by atoms with van der Waals surface area (Å²) in [6, 6.07) is 12.1. The van der Waals surface area contributed by atoms with Gasteiger partial charge in [-0.3, -0.25) is 4.90 Å². The van der Waals surface area contributed by atoms with Gasteiger partial charge in [0.25, 0.3) is 0 Å². The maximum absolute atomic E-state index is 13.4. The van der Waals surface area contributed by atoms with Gasteiger partial charge in [0.1, 0.15) is 18.2 Å². The number of carbonyl (C=O) groups is 1. The van der Waals surface area contributed by atoms with Crippen LogP contribution in [0.2, 0.25) is 0 Å². The number of hydrogen-bond donors (Lipinski definition) is 0. The Morgan fingerprint density at radius 1 is 1.16 bits per heavy atom. The number of halogens is 1. The van der Waals surface area contributed by atoms with Crippen LogP contribution in [0.1, 0.15) is 30.9 Å². The van der Waals surface area contributed by atoms with Gasteiger partial charge < -0.3 is 18.9 Å². The van der Waals surface area contributed by atoms with E-state index in [9.17, 15) is 9.18 Å². The fourth-order valence-electron chi connectivity index (χ4n) is 4.54. The van der Waals surface area contributed by atoms with E-state index in [0.29, 0.717) is 37.0 Å². The van der Waals surface area contributed by atoms with Gasteiger partial charge in [-0.15, -0.1) is 0 Å². The van der Waals surface area contributed by atoms with Crippen LogP contribution in [-0.2, 0) is 4.74 Å². The lowest BCUT2D eigenvalue weighted by atomic mass is 9.91. The average Bonchev–Trinajstić information content (AvgIpc) is 3.24. The molecule has 2 aliphatic heterocycles. The number of fused-ring (bicyclic) bond motifs is 2. The molecular formula is C24H26FN3O4. The Hall–Kier alpha value is -3.13. The molecule has 1 amide bonds. The molecular weight excluding hydrogens is 413 g/mol. The number of carbonyl (C=O) groups excluding carboxylic acids is 1. The van der Waals surface area contributed by atoms with Gasteiger partial charge in [-0.2, -0.15) is 0 Å². The summed E-state index contributed by atoms with van der Waals surface area (Å²) in [4.78, 5) is 16.5. The first-order valence-electron chi connectivity index (χ1n) is 11.1. The number of hydrogen-bond acceptors (Lipinski definition) is 6. The zero-order valence-corrected chi connectivity index (χ0v) is 17.8. The molecule has 7 nitrogen and oxygen atoms in total. The molecule has 32 heavy (non-hydrogen) atoms. The Bertz CT molecular complexity index is 1090. The molecule has 0 bridgehead atoms. The molecule has 0 aliphatic carbocycles. The van der Waals surface area contributed by atoms with Crippen molar-refractivity contribution in [2.75, 3.05) is 44.3 Å². The lowest BCUT2D eigenvalue weighted by molar-refractivity contribution is 0.137. The molecule has 0 radical (unpaired) electrons. The molecule has 1 fully saturated rings. The van der Waals surface area contributed by atoms with Crippen molar-refractivity contribution < 1.29 is 23.2 Å². The van der Waals surface area contributed by atoms with Crippen LogP contribution in [0, 0.1) is 5.82 Å². The van der Waals surface area contributed by atoms with Gasteiger partial charge in [-0.1, -0.05) is 17.3 Å². The van der Waals surface area contributed by atoms with E-state index in [2.05, 4.69) is 10.1 Å². The summed E-state index contributed by atoms with van der Waals surface area (Å²) in [5, 5.41) is 5.11. The number of benzene rings is 2. The van der Waals surface area contributed by atoms with Crippen LogP contribution in [0.15, 0.2) is 47.0 Å². The maximum atomic E-state index is 13.4. The van der Waals surface area contributed by atoms with Crippen molar-refractivity contribution in [1.82, 2.24) is 10.1 Å². The Morgan fingerprint density at radius 3 is 2.88 bits per heavy atom. The third-order valence-electron chi connectivity index (χ3n) is 6.23. The fraction of sp³-hybridized carbons (Fsp3) is 0.417. The van der Waals surface area contributed by atoms with Crippen molar-refractivity contribution in [3.63, 3.8) is 0 Å². The molecule has 2 aromatic carbocycles. The van der Waals surface area contributed by atoms with Gasteiger partial charge in [-0.25, -0.2) is 9.18 Å². The number of piperidine rings is 1. The monoisotopic (exact) mass is 439 g/mol. The van der Waals surface area contributed by atoms with E-state index in [0.717, 1.165) is 55.7 Å². The highest BCUT2D eigenvalue weighted by Gasteiger charge is 2.26. The second kappa shape index (κ2) is 9.16. The molecule has 0 unspecified atom stereocenters. The highest BCUT2D eigenvalue weighted by molar-refractivity contribution is 5.90. The van der Waals surface area contributed by atoms with Gasteiger partial charge in [0, 0.05) is 23.9 Å². The Morgan fingerprint density at radius 2 is 2.00 bits per heavy atom. The van der Waals surface area contributed by atoms with Crippen LogP contribution < -0.4 is 9.64 Å². The van der Waals surface area contributed by atoms with Gasteiger partial charge in [0.05, 0.1) is 24.5 Å². The largest absolute Gasteiger partial charge is 0.490 e. The number of amides is 1. The smallest absolute Gasteiger partial charge is 0.414 e. The first kappa shape index (κ1) is 20.8. The van der Waals surface area contributed by atoms with E-state index in [-0.39, 0.29) is 11.9 Å². The summed E-state index contributed by atoms with van der Waals surface area (Å²) in [6.45, 7) is 4.13. The van der Waals surface area contributed by atoms with Gasteiger partial charge in [-0.05, 0) is 56.6 Å². The quantitative estimate of drug-likeness (QED) is 0.543. The molecule has 8 heteroatoms. The van der Waals surface area contributed by atoms with Gasteiger partial charge in [0.2, 0.25) is 0 Å². The summed E-state index contributed by atoms with van der Waals surface area (Å²) in [7, 11) is 0. The summed E-state index contributed by atoms with van der Waals surface area (Å²) in [5.41, 5.74) is 2.19. The fourth-order valence-corrected chi connectivity index (χ4v) is 4.54. The van der Waals surface area contributed by atoms with Crippen molar-refractivity contribution >= 4 is 22.7 Å². The number of likely N-dealkylation sites (tertiary alicyclic amines) is 1. The molecule has 0 atom stereocenters. The summed E-state index contributed by atoms with van der Waals surface area (Å²) in [5.74, 6) is 0.717. The lowest BCUT2D eigenvalue weighted by Gasteiger charge is -2.31. The van der Waals surface area contributed by atoms with Crippen LogP contribution in [-0.4, -0.2) is 55.5 Å². The van der Waals surface area contributed by atoms with Crippen LogP contribution in [0.5, 0.6) is 5.75 Å². The Labute approximate surface area is 185 Å². The molecule has 2 aliphatic rings. The number of ether oxygens (including phenoxy) is 2. The SMILES string of the molecule is O=C(OCCCN1CCC(c2noc3cc(F)ccc23)CC1)N1CCOc2ccccc21. The number of para-hydroxylation sites is 2. The number of nitrogens with zero attached hydrogens (tertiary/aromatic N) is 3. The third-order valence-corrected chi connectivity index (χ3v) is 6.23. The average molecular weight is 439 g/mol. The van der Waals surface area contributed by atoms with E-state index in [1.165, 1.54) is 12.1 Å². The zero-order chi connectivity index (χ0) is 21.9. The molecule has 0 spiro atoms. The minimum atomic E-state index is -0.325. The van der Waals surface area contributed by atoms with Crippen LogP contribution >= 0.6 is 0 Å². The van der Waals surface area contributed by atoms with Crippen LogP contribution in [0.3, 0.4) is 0 Å². The second-order valence-electron chi connectivity index (χ2n) is 8.26. The van der Waals surface area contributed by atoms with E-state index in [1.54, 1.807) is 11.0 Å². The highest BCUT2D eigenvalue weighted by atomic mass is 19.1. The topological polar surface area (TPSA) is 68.0 Å². The van der Waals surface area contributed by atoms with Crippen LogP contribution in [0.4, 0.5) is 14.9 Å². The highest BCUT2D eigenvalue weighted by Crippen LogP contribution is 2.33. The first-order valence-corrected chi connectivity index (χ1v) is 11.1. The summed E-state index contributed by atoms with van der Waals surface area (Å²) in [6.07, 6.45) is 2.41. The second-order valence-corrected chi connectivity index (χ2v) is 8.26. The van der Waals surface area contributed by atoms with E-state index in [4.69, 9.17) is 14.0 Å². The molecule has 3 heterocycles. The normalized spacial score (nSPS) is 17.2. The predicted octanol–water partition coefficient (Wildman–Crippen LogP) is 4.57. The molecule has 0 N–H and O–H groups in total. The Kier molecular flexibility index (Phi) is 5.94. The van der Waals surface area contributed by atoms with Crippen molar-refractivity contribution in [3.05, 3.63) is 54.0 Å². The Balaban J connectivity index is 1.07. The van der Waals surface area contributed by atoms with Crippen molar-refractivity contribution in [2.24, 2.45) is 0 Å². The zero-order valence-electron chi connectivity index (χ0n) is 17.8. The molecule has 1 saturated heterocycles. The van der Waals surface area contributed by atoms with Crippen molar-refractivity contribution in [3.8, 4) is 5.75 Å². The molecule has 1 aromatic heterocycles. The maximum Gasteiger partial charge on any atom is 0.414 e. The van der Waals surface area contributed by atoms with E-state index in [1.807, 2.05) is 24.3 Å². The van der Waals surface area contributed by atoms with Gasteiger partial charge in [0.15, 0.2) is 5.58 Å². The van der Waals surface area contributed by atoms with Crippen LogP contribution in [0.25, 0.3) is 11.0 Å². The molecule has 0 saturated carbocycles. The summed E-state index contributed by atoms with van der Waals surface area (Å²) < 4.78 is 29.8. The molecule has 3 aromatic rings. The van der Waals surface area contributed by atoms with E-state index >= 15 is 0 Å². The van der Waals surface area contributed by atoms with E-state index < -0.39 is 0 Å². The number of anilines is 1. The summed E-state index contributed by atoms with van der Waals surface area (Å²) >= 11 is 0. The predicted molar refractivity (Wildman–Crippen MR) is 118 cm³/mol. The minimum Gasteiger partial charge on any atom is -0.490 e. The first-order chi connectivity index (χ1) is 15.7.